The van der Waals surface area contributed by atoms with Crippen LogP contribution in [0, 0.1) is 0 Å². The predicted octanol–water partition coefficient (Wildman–Crippen LogP) is 4.27. The van der Waals surface area contributed by atoms with Gasteiger partial charge in [-0.25, -0.2) is 9.78 Å². The molecule has 3 aromatic carbocycles. The Morgan fingerprint density at radius 3 is 2.36 bits per heavy atom. The van der Waals surface area contributed by atoms with Crippen LogP contribution in [0.15, 0.2) is 84.9 Å². The van der Waals surface area contributed by atoms with Crippen LogP contribution in [-0.4, -0.2) is 47.5 Å². The molecule has 0 saturated carbocycles. The number of anilines is 1. The molecule has 39 heavy (non-hydrogen) atoms. The summed E-state index contributed by atoms with van der Waals surface area (Å²) in [4.78, 5) is 46.1. The van der Waals surface area contributed by atoms with Gasteiger partial charge in [-0.15, -0.1) is 0 Å². The lowest BCUT2D eigenvalue weighted by Crippen LogP contribution is -2.47. The molecular formula is C30H29N5O4. The van der Waals surface area contributed by atoms with Crippen molar-refractivity contribution in [1.29, 1.82) is 0 Å². The molecule has 1 aliphatic heterocycles. The predicted molar refractivity (Wildman–Crippen MR) is 149 cm³/mol. The number of rotatable bonds is 6. The first kappa shape index (κ1) is 25.9. The Morgan fingerprint density at radius 1 is 1.00 bits per heavy atom. The maximum atomic E-state index is 14.2. The fourth-order valence-electron chi connectivity index (χ4n) is 5.08. The molecule has 0 aliphatic carbocycles. The van der Waals surface area contributed by atoms with Gasteiger partial charge >= 0.3 is 6.09 Å². The summed E-state index contributed by atoms with van der Waals surface area (Å²) in [6, 6.07) is 25.3. The second kappa shape index (κ2) is 11.3. The second-order valence-electron chi connectivity index (χ2n) is 9.31. The lowest BCUT2D eigenvalue weighted by Gasteiger charge is -2.27. The molecule has 0 unspecified atom stereocenters. The summed E-state index contributed by atoms with van der Waals surface area (Å²) in [5.41, 5.74) is 12.0. The van der Waals surface area contributed by atoms with E-state index in [0.717, 1.165) is 17.0 Å². The minimum atomic E-state index is -0.744. The highest BCUT2D eigenvalue weighted by Crippen LogP contribution is 2.33. The van der Waals surface area contributed by atoms with E-state index in [-0.39, 0.29) is 6.54 Å². The Kier molecular flexibility index (Phi) is 7.51. The van der Waals surface area contributed by atoms with Crippen LogP contribution in [0.5, 0.6) is 0 Å². The minimum Gasteiger partial charge on any atom is -0.451 e. The van der Waals surface area contributed by atoms with Crippen molar-refractivity contribution in [3.8, 4) is 11.3 Å². The minimum absolute atomic E-state index is 0.280. The molecule has 1 atom stereocenters. The van der Waals surface area contributed by atoms with Crippen molar-refractivity contribution in [2.45, 2.75) is 25.4 Å². The van der Waals surface area contributed by atoms with E-state index >= 15 is 0 Å². The molecule has 1 aliphatic rings. The molecule has 9 nitrogen and oxygen atoms in total. The summed E-state index contributed by atoms with van der Waals surface area (Å²) >= 11 is 0. The Labute approximate surface area is 226 Å². The SMILES string of the molecule is COC(=O)N(NC(=O)c1c(CN2CCC[C@@H]2C(N)=O)c(-c2ccccc2)nc2ccccc12)c1ccccc1. The number of carbonyl (C=O) groups is 3. The number of likely N-dealkylation sites (tertiary alicyclic amines) is 1. The molecule has 0 bridgehead atoms. The highest BCUT2D eigenvalue weighted by atomic mass is 16.5. The van der Waals surface area contributed by atoms with Crippen molar-refractivity contribution in [1.82, 2.24) is 15.3 Å². The van der Waals surface area contributed by atoms with Gasteiger partial charge in [0.2, 0.25) is 5.91 Å². The first-order valence-electron chi connectivity index (χ1n) is 12.7. The number of carbonyl (C=O) groups excluding carboxylic acids is 3. The molecule has 9 heteroatoms. The van der Waals surface area contributed by atoms with Gasteiger partial charge in [0.1, 0.15) is 0 Å². The van der Waals surface area contributed by atoms with Crippen molar-refractivity contribution in [3.63, 3.8) is 0 Å². The van der Waals surface area contributed by atoms with Crippen LogP contribution in [0.1, 0.15) is 28.8 Å². The number of fused-ring (bicyclic) bond motifs is 1. The molecule has 1 aromatic heterocycles. The number of methoxy groups -OCH3 is 1. The van der Waals surface area contributed by atoms with E-state index in [2.05, 4.69) is 5.43 Å². The van der Waals surface area contributed by atoms with Crippen molar-refractivity contribution in [3.05, 3.63) is 96.1 Å². The van der Waals surface area contributed by atoms with E-state index in [1.165, 1.54) is 7.11 Å². The summed E-state index contributed by atoms with van der Waals surface area (Å²) in [6.07, 6.45) is 0.731. The highest BCUT2D eigenvalue weighted by Gasteiger charge is 2.32. The van der Waals surface area contributed by atoms with Crippen molar-refractivity contribution >= 4 is 34.5 Å². The topological polar surface area (TPSA) is 118 Å². The quantitative estimate of drug-likeness (QED) is 0.365. The largest absolute Gasteiger partial charge is 0.451 e. The fraction of sp³-hybridized carbons (Fsp3) is 0.200. The van der Waals surface area contributed by atoms with Crippen LogP contribution >= 0.6 is 0 Å². The summed E-state index contributed by atoms with van der Waals surface area (Å²) in [7, 11) is 1.25. The van der Waals surface area contributed by atoms with Crippen LogP contribution in [0.25, 0.3) is 22.2 Å². The smallest absolute Gasteiger partial charge is 0.433 e. The number of nitrogens with two attached hydrogens (primary N) is 1. The monoisotopic (exact) mass is 523 g/mol. The summed E-state index contributed by atoms with van der Waals surface area (Å²) in [6.45, 7) is 0.940. The average Bonchev–Trinajstić information content (AvgIpc) is 3.44. The van der Waals surface area contributed by atoms with E-state index in [4.69, 9.17) is 15.5 Å². The third kappa shape index (κ3) is 5.30. The lowest BCUT2D eigenvalue weighted by atomic mass is 9.95. The summed E-state index contributed by atoms with van der Waals surface area (Å²) in [5, 5.41) is 1.70. The number of amides is 3. The van der Waals surface area contributed by atoms with Crippen LogP contribution in [0.3, 0.4) is 0 Å². The van der Waals surface area contributed by atoms with Gasteiger partial charge in [-0.2, -0.15) is 5.01 Å². The van der Waals surface area contributed by atoms with E-state index in [1.807, 2.05) is 65.6 Å². The molecule has 2 heterocycles. The summed E-state index contributed by atoms with van der Waals surface area (Å²) in [5.74, 6) is -0.903. The molecule has 3 amide bonds. The van der Waals surface area contributed by atoms with Crippen LogP contribution < -0.4 is 16.2 Å². The van der Waals surface area contributed by atoms with E-state index in [1.54, 1.807) is 24.3 Å². The van der Waals surface area contributed by atoms with E-state index in [9.17, 15) is 14.4 Å². The molecule has 3 N–H and O–H groups in total. The first-order valence-corrected chi connectivity index (χ1v) is 12.7. The fourth-order valence-corrected chi connectivity index (χ4v) is 5.08. The first-order chi connectivity index (χ1) is 19.0. The molecule has 1 saturated heterocycles. The number of nitrogens with one attached hydrogen (secondary N) is 1. The van der Waals surface area contributed by atoms with Gasteiger partial charge in [0.05, 0.1) is 35.6 Å². The Hall–Kier alpha value is -4.76. The number of hydrogen-bond acceptors (Lipinski definition) is 6. The molecular weight excluding hydrogens is 494 g/mol. The molecule has 198 valence electrons. The second-order valence-corrected chi connectivity index (χ2v) is 9.31. The Balaban J connectivity index is 1.69. The zero-order valence-corrected chi connectivity index (χ0v) is 21.5. The third-order valence-electron chi connectivity index (χ3n) is 6.91. The Bertz CT molecular complexity index is 1510. The van der Waals surface area contributed by atoms with Gasteiger partial charge in [-0.3, -0.25) is 19.9 Å². The van der Waals surface area contributed by atoms with Crippen molar-refractivity contribution in [2.75, 3.05) is 18.7 Å². The van der Waals surface area contributed by atoms with Gasteiger partial charge in [0.15, 0.2) is 0 Å². The number of hydrazine groups is 1. The number of aromatic nitrogens is 1. The lowest BCUT2D eigenvalue weighted by molar-refractivity contribution is -0.122. The van der Waals surface area contributed by atoms with Gasteiger partial charge < -0.3 is 10.5 Å². The normalized spacial score (nSPS) is 15.2. The van der Waals surface area contributed by atoms with Crippen molar-refractivity contribution < 1.29 is 19.1 Å². The van der Waals surface area contributed by atoms with Gasteiger partial charge in [-0.1, -0.05) is 66.7 Å². The van der Waals surface area contributed by atoms with Gasteiger partial charge in [0, 0.05) is 23.1 Å². The number of ether oxygens (including phenoxy) is 1. The molecule has 5 rings (SSSR count). The van der Waals surface area contributed by atoms with Gasteiger partial charge in [0.25, 0.3) is 5.91 Å². The van der Waals surface area contributed by atoms with Crippen molar-refractivity contribution in [2.24, 2.45) is 5.73 Å². The molecule has 0 spiro atoms. The number of benzene rings is 3. The standard InChI is InChI=1S/C30H29N5O4/c1-39-30(38)35(21-13-6-3-7-14-21)33-29(37)26-22-15-8-9-16-24(22)32-27(20-11-4-2-5-12-20)23(26)19-34-18-10-17-25(34)28(31)36/h2-9,11-16,25H,10,17-19H2,1H3,(H2,31,36)(H,33,37)/t25-/m1/s1. The van der Waals surface area contributed by atoms with Crippen LogP contribution in [-0.2, 0) is 16.1 Å². The third-order valence-corrected chi connectivity index (χ3v) is 6.91. The van der Waals surface area contributed by atoms with E-state index in [0.29, 0.717) is 46.4 Å². The number of nitrogens with zero attached hydrogens (tertiary/aromatic N) is 3. The number of hydrogen-bond donors (Lipinski definition) is 2. The number of para-hydroxylation sites is 2. The maximum Gasteiger partial charge on any atom is 0.433 e. The average molecular weight is 524 g/mol. The Morgan fingerprint density at radius 2 is 1.67 bits per heavy atom. The number of primary amides is 1. The van der Waals surface area contributed by atoms with Gasteiger partial charge in [-0.05, 0) is 37.6 Å². The molecule has 0 radical (unpaired) electrons. The number of pyridine rings is 1. The van der Waals surface area contributed by atoms with Crippen LogP contribution in [0.2, 0.25) is 0 Å². The molecule has 1 fully saturated rings. The zero-order chi connectivity index (χ0) is 27.4. The molecule has 4 aromatic rings. The van der Waals surface area contributed by atoms with E-state index < -0.39 is 23.9 Å². The zero-order valence-electron chi connectivity index (χ0n) is 21.5. The van der Waals surface area contributed by atoms with Crippen LogP contribution in [0.4, 0.5) is 10.5 Å². The highest BCUT2D eigenvalue weighted by molar-refractivity contribution is 6.10. The maximum absolute atomic E-state index is 14.2. The summed E-state index contributed by atoms with van der Waals surface area (Å²) < 4.78 is 4.96.